The van der Waals surface area contributed by atoms with Gasteiger partial charge in [-0.15, -0.1) is 0 Å². The fourth-order valence-corrected chi connectivity index (χ4v) is 4.38. The first kappa shape index (κ1) is 17.8. The van der Waals surface area contributed by atoms with E-state index in [2.05, 4.69) is 23.7 Å². The molecule has 0 aliphatic carbocycles. The molecular formula is C17H23ClN3O2P. The average molecular weight is 368 g/mol. The van der Waals surface area contributed by atoms with Crippen molar-refractivity contribution in [3.63, 3.8) is 0 Å². The summed E-state index contributed by atoms with van der Waals surface area (Å²) in [7, 11) is 2.65. The van der Waals surface area contributed by atoms with Crippen molar-refractivity contribution in [1.82, 2.24) is 9.97 Å². The number of aromatic nitrogens is 2. The summed E-state index contributed by atoms with van der Waals surface area (Å²) in [5.74, 6) is 1.97. The Hall–Kier alpha value is -1.00. The van der Waals surface area contributed by atoms with Gasteiger partial charge in [0, 0.05) is 57.2 Å². The van der Waals surface area contributed by atoms with Crippen LogP contribution in [0.25, 0.3) is 10.8 Å². The lowest BCUT2D eigenvalue weighted by Crippen LogP contribution is -2.48. The van der Waals surface area contributed by atoms with Crippen LogP contribution in [0.5, 0.6) is 0 Å². The number of hydrogen-bond donors (Lipinski definition) is 0. The molecule has 0 radical (unpaired) electrons. The predicted octanol–water partition coefficient (Wildman–Crippen LogP) is 4.45. The zero-order valence-corrected chi connectivity index (χ0v) is 16.1. The molecule has 2 aromatic rings. The van der Waals surface area contributed by atoms with Gasteiger partial charge in [-0.1, -0.05) is 25.4 Å². The smallest absolute Gasteiger partial charge is 0.170 e. The van der Waals surface area contributed by atoms with E-state index in [1.165, 1.54) is 5.56 Å². The van der Waals surface area contributed by atoms with Crippen LogP contribution in [0.2, 0.25) is 5.15 Å². The van der Waals surface area contributed by atoms with Crippen LogP contribution in [-0.2, 0) is 9.05 Å². The minimum absolute atomic E-state index is 0.392. The second kappa shape index (κ2) is 7.49. The summed E-state index contributed by atoms with van der Waals surface area (Å²) in [6, 6.07) is 1.95. The normalized spacial score (nSPS) is 15.5. The maximum absolute atomic E-state index is 6.12. The predicted molar refractivity (Wildman–Crippen MR) is 100 cm³/mol. The van der Waals surface area contributed by atoms with E-state index in [-0.39, 0.29) is 0 Å². The molecule has 1 fully saturated rings. The molecule has 130 valence electrons. The van der Waals surface area contributed by atoms with E-state index in [1.54, 1.807) is 14.2 Å². The van der Waals surface area contributed by atoms with Gasteiger partial charge in [-0.2, -0.15) is 0 Å². The van der Waals surface area contributed by atoms with Crippen LogP contribution < -0.4 is 4.90 Å². The monoisotopic (exact) mass is 367 g/mol. The molecule has 24 heavy (non-hydrogen) atoms. The zero-order valence-electron chi connectivity index (χ0n) is 14.5. The van der Waals surface area contributed by atoms with E-state index in [4.69, 9.17) is 25.6 Å². The number of hydrogen-bond acceptors (Lipinski definition) is 5. The minimum atomic E-state index is -0.768. The number of pyridine rings is 2. The molecule has 0 saturated carbocycles. The lowest BCUT2D eigenvalue weighted by atomic mass is 9.97. The van der Waals surface area contributed by atoms with Crippen molar-refractivity contribution in [2.75, 3.05) is 38.4 Å². The molecule has 3 heterocycles. The van der Waals surface area contributed by atoms with Crippen molar-refractivity contribution in [1.29, 1.82) is 0 Å². The number of anilines is 1. The van der Waals surface area contributed by atoms with Gasteiger partial charge in [-0.25, -0.2) is 9.97 Å². The highest BCUT2D eigenvalue weighted by Crippen LogP contribution is 2.42. The lowest BCUT2D eigenvalue weighted by Gasteiger charge is -2.41. The van der Waals surface area contributed by atoms with Gasteiger partial charge in [-0.3, -0.25) is 0 Å². The quantitative estimate of drug-likeness (QED) is 0.557. The Labute approximate surface area is 149 Å². The minimum Gasteiger partial charge on any atom is -0.355 e. The van der Waals surface area contributed by atoms with Crippen molar-refractivity contribution in [3.05, 3.63) is 29.2 Å². The number of rotatable bonds is 6. The molecule has 0 atom stereocenters. The maximum atomic E-state index is 6.12. The third-order valence-corrected chi connectivity index (χ3v) is 6.28. The van der Waals surface area contributed by atoms with Crippen LogP contribution in [0.1, 0.15) is 25.3 Å². The molecule has 3 rings (SSSR count). The first-order valence-corrected chi connectivity index (χ1v) is 9.82. The highest BCUT2D eigenvalue weighted by molar-refractivity contribution is 7.47. The Bertz CT molecular complexity index is 718. The zero-order chi connectivity index (χ0) is 17.3. The topological polar surface area (TPSA) is 47.5 Å². The maximum Gasteiger partial charge on any atom is 0.170 e. The molecule has 2 aromatic heterocycles. The van der Waals surface area contributed by atoms with Crippen LogP contribution >= 0.6 is 20.0 Å². The standard InChI is InChI=1S/C17H23ClN3O2P/c1-11(2)14-6-20-17(15-7-19-16(18)5-13(14)15)21-8-12(9-21)10-24(22-3)23-4/h5-7,11-12H,8-10H2,1-4H3. The Morgan fingerprint density at radius 3 is 2.54 bits per heavy atom. The number of nitrogens with zero attached hydrogens (tertiary/aromatic N) is 3. The SMILES string of the molecule is COP(CC1CN(c2ncc(C(C)C)c3cc(Cl)ncc23)C1)OC. The van der Waals surface area contributed by atoms with E-state index in [1.807, 2.05) is 18.5 Å². The summed E-state index contributed by atoms with van der Waals surface area (Å²) in [6.45, 7) is 6.28. The Kier molecular flexibility index (Phi) is 5.56. The molecule has 7 heteroatoms. The van der Waals surface area contributed by atoms with E-state index in [0.717, 1.165) is 35.8 Å². The lowest BCUT2D eigenvalue weighted by molar-refractivity contribution is 0.325. The molecular weight excluding hydrogens is 345 g/mol. The first-order chi connectivity index (χ1) is 11.5. The third kappa shape index (κ3) is 3.50. The Balaban J connectivity index is 1.83. The van der Waals surface area contributed by atoms with Crippen LogP contribution in [0.3, 0.4) is 0 Å². The highest BCUT2D eigenvalue weighted by atomic mass is 35.5. The summed E-state index contributed by atoms with van der Waals surface area (Å²) < 4.78 is 10.7. The fourth-order valence-electron chi connectivity index (χ4n) is 3.12. The van der Waals surface area contributed by atoms with Crippen LogP contribution in [0, 0.1) is 5.92 Å². The molecule has 0 amide bonds. The second-order valence-corrected chi connectivity index (χ2v) is 8.54. The van der Waals surface area contributed by atoms with Crippen LogP contribution in [0.15, 0.2) is 18.5 Å². The number of fused-ring (bicyclic) bond motifs is 1. The molecule has 1 saturated heterocycles. The Morgan fingerprint density at radius 1 is 1.21 bits per heavy atom. The summed E-state index contributed by atoms with van der Waals surface area (Å²) in [6.07, 6.45) is 4.78. The molecule has 0 unspecified atom stereocenters. The van der Waals surface area contributed by atoms with E-state index >= 15 is 0 Å². The molecule has 0 N–H and O–H groups in total. The van der Waals surface area contributed by atoms with Crippen LogP contribution in [0.4, 0.5) is 5.82 Å². The first-order valence-electron chi connectivity index (χ1n) is 8.08. The van der Waals surface area contributed by atoms with Crippen molar-refractivity contribution >= 4 is 36.6 Å². The summed E-state index contributed by atoms with van der Waals surface area (Å²) in [4.78, 5) is 11.3. The van der Waals surface area contributed by atoms with Crippen LogP contribution in [-0.4, -0.2) is 43.4 Å². The summed E-state index contributed by atoms with van der Waals surface area (Å²) in [5, 5.41) is 2.74. The molecule has 1 aliphatic heterocycles. The van der Waals surface area contributed by atoms with Gasteiger partial charge >= 0.3 is 0 Å². The fraction of sp³-hybridized carbons (Fsp3) is 0.529. The van der Waals surface area contributed by atoms with E-state index < -0.39 is 8.38 Å². The number of halogens is 1. The largest absolute Gasteiger partial charge is 0.355 e. The molecule has 1 aliphatic rings. The van der Waals surface area contributed by atoms with Gasteiger partial charge in [0.1, 0.15) is 11.0 Å². The van der Waals surface area contributed by atoms with Gasteiger partial charge in [-0.05, 0) is 22.9 Å². The summed E-state index contributed by atoms with van der Waals surface area (Å²) >= 11 is 6.12. The molecule has 5 nitrogen and oxygen atoms in total. The van der Waals surface area contributed by atoms with Crippen molar-refractivity contribution in [2.45, 2.75) is 19.8 Å². The van der Waals surface area contributed by atoms with Gasteiger partial charge in [0.05, 0.1) is 0 Å². The van der Waals surface area contributed by atoms with Gasteiger partial charge < -0.3 is 13.9 Å². The molecule has 0 bridgehead atoms. The van der Waals surface area contributed by atoms with Gasteiger partial charge in [0.15, 0.2) is 8.38 Å². The van der Waals surface area contributed by atoms with E-state index in [9.17, 15) is 0 Å². The Morgan fingerprint density at radius 2 is 1.92 bits per heavy atom. The summed E-state index contributed by atoms with van der Waals surface area (Å²) in [5.41, 5.74) is 1.21. The molecule has 0 aromatic carbocycles. The van der Waals surface area contributed by atoms with Gasteiger partial charge in [0.2, 0.25) is 0 Å². The van der Waals surface area contributed by atoms with E-state index in [0.29, 0.717) is 17.0 Å². The van der Waals surface area contributed by atoms with Crippen molar-refractivity contribution in [3.8, 4) is 0 Å². The third-order valence-electron chi connectivity index (χ3n) is 4.44. The van der Waals surface area contributed by atoms with Crippen molar-refractivity contribution < 1.29 is 9.05 Å². The second-order valence-electron chi connectivity index (χ2n) is 6.40. The van der Waals surface area contributed by atoms with Gasteiger partial charge in [0.25, 0.3) is 0 Å². The van der Waals surface area contributed by atoms with Crippen molar-refractivity contribution in [2.24, 2.45) is 5.92 Å². The average Bonchev–Trinajstić information content (AvgIpc) is 2.53. The molecule has 0 spiro atoms. The highest BCUT2D eigenvalue weighted by Gasteiger charge is 2.31.